The number of aryl methyl sites for hydroxylation is 2. The van der Waals surface area contributed by atoms with Gasteiger partial charge in [-0.15, -0.1) is 34.2 Å². The lowest BCUT2D eigenvalue weighted by molar-refractivity contribution is 0.242. The molecule has 0 radical (unpaired) electrons. The van der Waals surface area contributed by atoms with Gasteiger partial charge in [0.1, 0.15) is 11.6 Å². The molecule has 0 aliphatic carbocycles. The summed E-state index contributed by atoms with van der Waals surface area (Å²) < 4.78 is 7.94. The molecule has 0 saturated carbocycles. The Morgan fingerprint density at radius 3 is 2.66 bits per heavy atom. The number of hydrogen-bond acceptors (Lipinski definition) is 4. The molecule has 32 heavy (non-hydrogen) atoms. The molecule has 170 valence electrons. The standard InChI is InChI=1S/C24H30N6O.HI/c1-17(2)31-21-12-10-20(11-13-21)27-24(25-15-19-8-5-4-7-18(19)3)26-16-23-29-28-22-9-6-14-30(22)23;/h4-5,7-8,10-13,17H,6,9,14-16H2,1-3H3,(H2,25,26,27);1H. The number of benzene rings is 2. The Labute approximate surface area is 206 Å². The van der Waals surface area contributed by atoms with Crippen LogP contribution >= 0.6 is 24.0 Å². The summed E-state index contributed by atoms with van der Waals surface area (Å²) in [5.74, 6) is 3.57. The first-order chi connectivity index (χ1) is 15.1. The maximum Gasteiger partial charge on any atom is 0.196 e. The van der Waals surface area contributed by atoms with Crippen molar-refractivity contribution in [1.82, 2.24) is 20.1 Å². The zero-order valence-corrected chi connectivity index (χ0v) is 21.2. The number of hydrogen-bond donors (Lipinski definition) is 2. The summed E-state index contributed by atoms with van der Waals surface area (Å²) in [6.45, 7) is 8.30. The minimum atomic E-state index is 0. The molecule has 0 fully saturated rings. The molecule has 2 aromatic carbocycles. The summed E-state index contributed by atoms with van der Waals surface area (Å²) in [5.41, 5.74) is 3.38. The van der Waals surface area contributed by atoms with E-state index in [-0.39, 0.29) is 30.1 Å². The third-order valence-corrected chi connectivity index (χ3v) is 5.26. The van der Waals surface area contributed by atoms with Crippen molar-refractivity contribution in [3.8, 4) is 5.75 Å². The van der Waals surface area contributed by atoms with Gasteiger partial charge in [-0.25, -0.2) is 4.99 Å². The molecule has 0 unspecified atom stereocenters. The van der Waals surface area contributed by atoms with Gasteiger partial charge in [-0.1, -0.05) is 24.3 Å². The maximum absolute atomic E-state index is 5.74. The average Bonchev–Trinajstić information content (AvgIpc) is 3.36. The first kappa shape index (κ1) is 24.0. The van der Waals surface area contributed by atoms with Crippen molar-refractivity contribution in [1.29, 1.82) is 0 Å². The minimum Gasteiger partial charge on any atom is -0.491 e. The molecule has 8 heteroatoms. The Balaban J connectivity index is 0.00000289. The van der Waals surface area contributed by atoms with Crippen molar-refractivity contribution in [2.24, 2.45) is 4.99 Å². The van der Waals surface area contributed by atoms with Crippen LogP contribution in [0.4, 0.5) is 5.69 Å². The lowest BCUT2D eigenvalue weighted by atomic mass is 10.1. The molecule has 2 heterocycles. The van der Waals surface area contributed by atoms with E-state index in [9.17, 15) is 0 Å². The maximum atomic E-state index is 5.74. The molecule has 1 aliphatic rings. The van der Waals surface area contributed by atoms with Gasteiger partial charge in [0.2, 0.25) is 0 Å². The van der Waals surface area contributed by atoms with Gasteiger partial charge in [-0.2, -0.15) is 0 Å². The molecule has 2 N–H and O–H groups in total. The number of rotatable bonds is 7. The molecule has 1 aromatic heterocycles. The van der Waals surface area contributed by atoms with Crippen LogP contribution in [0.5, 0.6) is 5.75 Å². The second kappa shape index (κ2) is 11.3. The normalized spacial score (nSPS) is 12.9. The summed E-state index contributed by atoms with van der Waals surface area (Å²) in [6, 6.07) is 16.2. The van der Waals surface area contributed by atoms with E-state index in [0.29, 0.717) is 19.0 Å². The van der Waals surface area contributed by atoms with Crippen LogP contribution in [0.1, 0.15) is 43.0 Å². The third kappa shape index (κ3) is 6.21. The molecule has 0 bridgehead atoms. The van der Waals surface area contributed by atoms with E-state index >= 15 is 0 Å². The molecule has 1 aliphatic heterocycles. The van der Waals surface area contributed by atoms with E-state index in [1.165, 1.54) is 11.1 Å². The van der Waals surface area contributed by atoms with Gasteiger partial charge in [-0.05, 0) is 62.6 Å². The number of nitrogens with one attached hydrogen (secondary N) is 2. The second-order valence-corrected chi connectivity index (χ2v) is 8.05. The predicted molar refractivity (Wildman–Crippen MR) is 139 cm³/mol. The van der Waals surface area contributed by atoms with Crippen molar-refractivity contribution in [3.63, 3.8) is 0 Å². The Morgan fingerprint density at radius 1 is 1.12 bits per heavy atom. The summed E-state index contributed by atoms with van der Waals surface area (Å²) in [4.78, 5) is 4.82. The molecule has 0 atom stereocenters. The first-order valence-electron chi connectivity index (χ1n) is 10.9. The Kier molecular flexibility index (Phi) is 8.49. The number of guanidine groups is 1. The molecule has 0 saturated heterocycles. The molecular formula is C24H31IN6O. The van der Waals surface area contributed by atoms with Crippen LogP contribution in [-0.4, -0.2) is 26.8 Å². The summed E-state index contributed by atoms with van der Waals surface area (Å²) >= 11 is 0. The highest BCUT2D eigenvalue weighted by Crippen LogP contribution is 2.18. The van der Waals surface area contributed by atoms with Gasteiger partial charge < -0.3 is 19.9 Å². The Hall–Kier alpha value is -2.62. The molecule has 0 amide bonds. The van der Waals surface area contributed by atoms with Gasteiger partial charge >= 0.3 is 0 Å². The van der Waals surface area contributed by atoms with Crippen molar-refractivity contribution in [2.45, 2.75) is 59.4 Å². The number of aliphatic imine (C=N–C) groups is 1. The van der Waals surface area contributed by atoms with Crippen molar-refractivity contribution >= 4 is 35.6 Å². The highest BCUT2D eigenvalue weighted by Gasteiger charge is 2.17. The van der Waals surface area contributed by atoms with Gasteiger partial charge in [-0.3, -0.25) is 0 Å². The highest BCUT2D eigenvalue weighted by molar-refractivity contribution is 14.0. The van der Waals surface area contributed by atoms with E-state index in [0.717, 1.165) is 42.5 Å². The van der Waals surface area contributed by atoms with E-state index in [1.54, 1.807) is 0 Å². The van der Waals surface area contributed by atoms with E-state index in [2.05, 4.69) is 44.5 Å². The minimum absolute atomic E-state index is 0. The zero-order valence-electron chi connectivity index (χ0n) is 18.8. The van der Waals surface area contributed by atoms with Crippen molar-refractivity contribution in [2.75, 3.05) is 5.32 Å². The predicted octanol–water partition coefficient (Wildman–Crippen LogP) is 4.70. The molecular weight excluding hydrogens is 515 g/mol. The van der Waals surface area contributed by atoms with Gasteiger partial charge in [0.15, 0.2) is 11.8 Å². The van der Waals surface area contributed by atoms with Crippen LogP contribution < -0.4 is 15.4 Å². The first-order valence-corrected chi connectivity index (χ1v) is 10.9. The van der Waals surface area contributed by atoms with Gasteiger partial charge in [0.25, 0.3) is 0 Å². The Bertz CT molecular complexity index is 1040. The second-order valence-electron chi connectivity index (χ2n) is 8.05. The molecule has 4 rings (SSSR count). The largest absolute Gasteiger partial charge is 0.491 e. The smallest absolute Gasteiger partial charge is 0.196 e. The quantitative estimate of drug-likeness (QED) is 0.256. The highest BCUT2D eigenvalue weighted by atomic mass is 127. The van der Waals surface area contributed by atoms with Crippen molar-refractivity contribution in [3.05, 3.63) is 71.3 Å². The number of nitrogens with zero attached hydrogens (tertiary/aromatic N) is 4. The van der Waals surface area contributed by atoms with E-state index < -0.39 is 0 Å². The summed E-state index contributed by atoms with van der Waals surface area (Å²) in [5, 5.41) is 15.5. The SMILES string of the molecule is Cc1ccccc1CN=C(NCc1nnc2n1CCC2)Nc1ccc(OC(C)C)cc1.I. The van der Waals surface area contributed by atoms with Crippen LogP contribution in [0, 0.1) is 6.92 Å². The van der Waals surface area contributed by atoms with Gasteiger partial charge in [0, 0.05) is 18.7 Å². The lowest BCUT2D eigenvalue weighted by Crippen LogP contribution is -2.31. The van der Waals surface area contributed by atoms with Crippen LogP contribution in [-0.2, 0) is 26.1 Å². The van der Waals surface area contributed by atoms with Crippen LogP contribution in [0.25, 0.3) is 0 Å². The number of aromatic nitrogens is 3. The number of halogens is 1. The van der Waals surface area contributed by atoms with E-state index in [4.69, 9.17) is 9.73 Å². The number of fused-ring (bicyclic) bond motifs is 1. The summed E-state index contributed by atoms with van der Waals surface area (Å²) in [7, 11) is 0. The van der Waals surface area contributed by atoms with Crippen LogP contribution in [0.3, 0.4) is 0 Å². The number of anilines is 1. The van der Waals surface area contributed by atoms with E-state index in [1.807, 2.05) is 50.2 Å². The molecule has 7 nitrogen and oxygen atoms in total. The lowest BCUT2D eigenvalue weighted by Gasteiger charge is -2.14. The fraction of sp³-hybridized carbons (Fsp3) is 0.375. The molecule has 0 spiro atoms. The Morgan fingerprint density at radius 2 is 1.91 bits per heavy atom. The van der Waals surface area contributed by atoms with Crippen molar-refractivity contribution < 1.29 is 4.74 Å². The topological polar surface area (TPSA) is 76.4 Å². The summed E-state index contributed by atoms with van der Waals surface area (Å²) in [6.07, 6.45) is 2.29. The monoisotopic (exact) mass is 546 g/mol. The number of ether oxygens (including phenoxy) is 1. The fourth-order valence-corrected chi connectivity index (χ4v) is 3.62. The van der Waals surface area contributed by atoms with Crippen LogP contribution in [0.15, 0.2) is 53.5 Å². The fourth-order valence-electron chi connectivity index (χ4n) is 3.62. The van der Waals surface area contributed by atoms with Crippen LogP contribution in [0.2, 0.25) is 0 Å². The zero-order chi connectivity index (χ0) is 21.6. The van der Waals surface area contributed by atoms with Gasteiger partial charge in [0.05, 0.1) is 19.2 Å². The third-order valence-electron chi connectivity index (χ3n) is 5.26. The molecule has 3 aromatic rings. The average molecular weight is 546 g/mol.